The summed E-state index contributed by atoms with van der Waals surface area (Å²) in [6.07, 6.45) is 4.59. The summed E-state index contributed by atoms with van der Waals surface area (Å²) >= 11 is 0. The van der Waals surface area contributed by atoms with Crippen molar-refractivity contribution in [3.8, 4) is 23.0 Å². The van der Waals surface area contributed by atoms with Crippen LogP contribution in [0.1, 0.15) is 19.3 Å². The summed E-state index contributed by atoms with van der Waals surface area (Å²) in [4.78, 5) is 11.3. The van der Waals surface area contributed by atoms with E-state index in [-0.39, 0.29) is 0 Å². The minimum atomic E-state index is -3.41. The molecule has 5 rings (SSSR count). The molecular formula is C29H32N3O5P. The Morgan fingerprint density at radius 2 is 1.42 bits per heavy atom. The van der Waals surface area contributed by atoms with Crippen LogP contribution in [0.2, 0.25) is 0 Å². The first-order chi connectivity index (χ1) is 18.6. The van der Waals surface area contributed by atoms with Crippen LogP contribution >= 0.6 is 7.60 Å². The highest BCUT2D eigenvalue weighted by Gasteiger charge is 2.31. The molecule has 0 amide bonds. The normalized spacial score (nSPS) is 14.3. The predicted octanol–water partition coefficient (Wildman–Crippen LogP) is 6.60. The predicted molar refractivity (Wildman–Crippen MR) is 149 cm³/mol. The molecule has 0 bridgehead atoms. The van der Waals surface area contributed by atoms with Crippen molar-refractivity contribution in [2.75, 3.05) is 38.4 Å². The second kappa shape index (κ2) is 11.7. The number of benzene rings is 3. The molecule has 1 aromatic heterocycles. The van der Waals surface area contributed by atoms with Crippen LogP contribution in [0, 0.1) is 5.92 Å². The molecule has 0 unspecified atom stereocenters. The maximum Gasteiger partial charge on any atom is 0.430 e. The van der Waals surface area contributed by atoms with Crippen molar-refractivity contribution in [3.63, 3.8) is 0 Å². The third-order valence-electron chi connectivity index (χ3n) is 6.82. The van der Waals surface area contributed by atoms with Gasteiger partial charge in [-0.25, -0.2) is 14.5 Å². The molecule has 3 aromatic carbocycles. The van der Waals surface area contributed by atoms with E-state index in [2.05, 4.69) is 14.9 Å². The summed E-state index contributed by atoms with van der Waals surface area (Å²) in [6, 6.07) is 22.3. The molecule has 2 heterocycles. The summed E-state index contributed by atoms with van der Waals surface area (Å²) in [5.41, 5.74) is 0.812. The first-order valence-electron chi connectivity index (χ1n) is 12.8. The number of anilines is 1. The van der Waals surface area contributed by atoms with Crippen molar-refractivity contribution < 1.29 is 23.1 Å². The van der Waals surface area contributed by atoms with Gasteiger partial charge in [-0.3, -0.25) is 0 Å². The van der Waals surface area contributed by atoms with E-state index in [0.717, 1.165) is 49.1 Å². The molecule has 8 nitrogen and oxygen atoms in total. The van der Waals surface area contributed by atoms with Crippen molar-refractivity contribution in [1.29, 1.82) is 0 Å². The van der Waals surface area contributed by atoms with Gasteiger partial charge in [-0.1, -0.05) is 36.4 Å². The van der Waals surface area contributed by atoms with Gasteiger partial charge in [-0.2, -0.15) is 0 Å². The van der Waals surface area contributed by atoms with Crippen LogP contribution in [0.5, 0.6) is 23.0 Å². The van der Waals surface area contributed by atoms with E-state index in [0.29, 0.717) is 35.1 Å². The fourth-order valence-corrected chi connectivity index (χ4v) is 6.58. The molecule has 9 heteroatoms. The minimum absolute atomic E-state index is 0.342. The third-order valence-corrected chi connectivity index (χ3v) is 8.60. The number of methoxy groups -OCH3 is 2. The number of rotatable bonds is 10. The van der Waals surface area contributed by atoms with E-state index in [9.17, 15) is 4.57 Å². The van der Waals surface area contributed by atoms with E-state index in [1.807, 2.05) is 48.5 Å². The molecule has 0 saturated carbocycles. The van der Waals surface area contributed by atoms with E-state index in [4.69, 9.17) is 18.5 Å². The topological polar surface area (TPSA) is 83.0 Å². The molecule has 0 atom stereocenters. The maximum absolute atomic E-state index is 13.8. The van der Waals surface area contributed by atoms with Gasteiger partial charge in [0.15, 0.2) is 11.5 Å². The molecule has 1 fully saturated rings. The lowest BCUT2D eigenvalue weighted by Gasteiger charge is -2.33. The zero-order valence-corrected chi connectivity index (χ0v) is 22.6. The molecule has 198 valence electrons. The molecule has 4 aromatic rings. The van der Waals surface area contributed by atoms with Gasteiger partial charge in [0.1, 0.15) is 23.6 Å². The van der Waals surface area contributed by atoms with Gasteiger partial charge in [-0.15, -0.1) is 0 Å². The highest BCUT2D eigenvalue weighted by Crippen LogP contribution is 2.50. The Kier molecular flexibility index (Phi) is 7.99. The molecule has 1 saturated heterocycles. The molecular weight excluding hydrogens is 501 g/mol. The number of hydrogen-bond acceptors (Lipinski definition) is 8. The van der Waals surface area contributed by atoms with Gasteiger partial charge in [0.25, 0.3) is 0 Å². The Morgan fingerprint density at radius 3 is 2.00 bits per heavy atom. The number of ether oxygens (including phenoxy) is 2. The van der Waals surface area contributed by atoms with Gasteiger partial charge < -0.3 is 23.4 Å². The van der Waals surface area contributed by atoms with Gasteiger partial charge in [-0.05, 0) is 55.5 Å². The number of aromatic nitrogens is 2. The van der Waals surface area contributed by atoms with Crippen molar-refractivity contribution in [2.45, 2.75) is 19.3 Å². The fourth-order valence-electron chi connectivity index (χ4n) is 4.79. The zero-order chi connectivity index (χ0) is 26.4. The van der Waals surface area contributed by atoms with Crippen LogP contribution < -0.4 is 23.4 Å². The second-order valence-electron chi connectivity index (χ2n) is 9.28. The quantitative estimate of drug-likeness (QED) is 0.211. The first-order valence-corrected chi connectivity index (χ1v) is 14.5. The lowest BCUT2D eigenvalue weighted by Crippen LogP contribution is -2.34. The average molecular weight is 534 g/mol. The van der Waals surface area contributed by atoms with Crippen molar-refractivity contribution in [1.82, 2.24) is 9.97 Å². The van der Waals surface area contributed by atoms with Crippen molar-refractivity contribution >= 4 is 24.3 Å². The number of fused-ring (bicyclic) bond motifs is 1. The Balaban J connectivity index is 1.26. The van der Waals surface area contributed by atoms with E-state index in [1.54, 1.807) is 44.8 Å². The summed E-state index contributed by atoms with van der Waals surface area (Å²) in [7, 11) is -0.171. The molecule has 0 aliphatic carbocycles. The molecule has 0 radical (unpaired) electrons. The molecule has 1 aliphatic heterocycles. The Morgan fingerprint density at radius 1 is 0.842 bits per heavy atom. The zero-order valence-electron chi connectivity index (χ0n) is 21.7. The molecule has 0 N–H and O–H groups in total. The highest BCUT2D eigenvalue weighted by atomic mass is 31.2. The Bertz CT molecular complexity index is 1350. The Labute approximate surface area is 223 Å². The van der Waals surface area contributed by atoms with Crippen LogP contribution in [0.25, 0.3) is 10.9 Å². The smallest absolute Gasteiger partial charge is 0.430 e. The monoisotopic (exact) mass is 533 g/mol. The van der Waals surface area contributed by atoms with Crippen molar-refractivity contribution in [2.24, 2.45) is 5.92 Å². The average Bonchev–Trinajstić information content (AvgIpc) is 2.96. The SMILES string of the molecule is COc1cc2ncnc(N3CCC(CCP(=O)(Oc4ccccc4)Oc4ccccc4)CC3)c2cc1OC. The standard InChI is InChI=1S/C29H32N3O5P/c1-34-27-19-25-26(20-28(27)35-2)30-21-31-29(25)32-16-13-22(14-17-32)15-18-38(33,36-23-9-5-3-6-10-23)37-24-11-7-4-8-12-24/h3-12,19-22H,13-18H2,1-2H3. The van der Waals surface area contributed by atoms with E-state index < -0.39 is 7.60 Å². The van der Waals surface area contributed by atoms with Crippen LogP contribution in [-0.2, 0) is 4.57 Å². The van der Waals surface area contributed by atoms with E-state index in [1.165, 1.54) is 0 Å². The highest BCUT2D eigenvalue weighted by molar-refractivity contribution is 7.54. The molecule has 1 aliphatic rings. The number of nitrogens with zero attached hydrogens (tertiary/aromatic N) is 3. The van der Waals surface area contributed by atoms with Gasteiger partial charge in [0.2, 0.25) is 0 Å². The lowest BCUT2D eigenvalue weighted by atomic mass is 9.94. The third kappa shape index (κ3) is 6.03. The second-order valence-corrected chi connectivity index (χ2v) is 11.3. The van der Waals surface area contributed by atoms with Crippen LogP contribution in [0.4, 0.5) is 5.82 Å². The largest absolute Gasteiger partial charge is 0.493 e. The number of hydrogen-bond donors (Lipinski definition) is 0. The Hall–Kier alpha value is -3.77. The summed E-state index contributed by atoms with van der Waals surface area (Å²) in [5.74, 6) is 3.68. The fraction of sp³-hybridized carbons (Fsp3) is 0.310. The minimum Gasteiger partial charge on any atom is -0.493 e. The van der Waals surface area contributed by atoms with Crippen molar-refractivity contribution in [3.05, 3.63) is 79.1 Å². The van der Waals surface area contributed by atoms with E-state index >= 15 is 0 Å². The molecule has 38 heavy (non-hydrogen) atoms. The van der Waals surface area contributed by atoms with Gasteiger partial charge >= 0.3 is 7.60 Å². The number of piperidine rings is 1. The van der Waals surface area contributed by atoms with Gasteiger partial charge in [0.05, 0.1) is 25.9 Å². The first kappa shape index (κ1) is 25.9. The summed E-state index contributed by atoms with van der Waals surface area (Å²) < 4.78 is 36.7. The van der Waals surface area contributed by atoms with Crippen LogP contribution in [-0.4, -0.2) is 43.4 Å². The van der Waals surface area contributed by atoms with Crippen LogP contribution in [0.3, 0.4) is 0 Å². The summed E-state index contributed by atoms with van der Waals surface area (Å²) in [6.45, 7) is 1.68. The maximum atomic E-state index is 13.8. The summed E-state index contributed by atoms with van der Waals surface area (Å²) in [5, 5.41) is 0.931. The lowest BCUT2D eigenvalue weighted by molar-refractivity contribution is 0.355. The molecule has 0 spiro atoms. The van der Waals surface area contributed by atoms with Gasteiger partial charge in [0, 0.05) is 24.5 Å². The van der Waals surface area contributed by atoms with Crippen LogP contribution in [0.15, 0.2) is 79.1 Å². The number of para-hydroxylation sites is 2.